The predicted molar refractivity (Wildman–Crippen MR) is 253 cm³/mol. The molecule has 1 aliphatic carbocycles. The summed E-state index contributed by atoms with van der Waals surface area (Å²) in [5, 5.41) is 39.9. The van der Waals surface area contributed by atoms with E-state index >= 15 is 4.39 Å². The number of aliphatic hydroxyl groups is 2. The van der Waals surface area contributed by atoms with Gasteiger partial charge in [0.15, 0.2) is 33.6 Å². The second kappa shape index (κ2) is 20.7. The van der Waals surface area contributed by atoms with E-state index in [1.165, 1.54) is 30.3 Å². The molecule has 6 aromatic rings. The van der Waals surface area contributed by atoms with E-state index in [1.807, 2.05) is 38.1 Å². The quantitative estimate of drug-likeness (QED) is 0.0229. The molecule has 7 N–H and O–H groups in total. The van der Waals surface area contributed by atoms with E-state index in [1.54, 1.807) is 27.1 Å². The zero-order chi connectivity index (χ0) is 48.9. The lowest BCUT2D eigenvalue weighted by atomic mass is 9.90. The number of alkyl halides is 2. The van der Waals surface area contributed by atoms with Crippen molar-refractivity contribution in [2.75, 3.05) is 55.8 Å². The lowest BCUT2D eigenvalue weighted by Gasteiger charge is -2.26. The van der Waals surface area contributed by atoms with Crippen LogP contribution in [0.2, 0.25) is 0 Å². The maximum Gasteiger partial charge on any atom is 0.586 e. The Morgan fingerprint density at radius 2 is 1.83 bits per heavy atom. The van der Waals surface area contributed by atoms with Crippen molar-refractivity contribution in [1.82, 2.24) is 34.8 Å². The zero-order valence-corrected chi connectivity index (χ0v) is 39.1. The van der Waals surface area contributed by atoms with Gasteiger partial charge in [-0.2, -0.15) is 0 Å². The molecule has 1 fully saturated rings. The van der Waals surface area contributed by atoms with Gasteiger partial charge in [-0.1, -0.05) is 61.9 Å². The Morgan fingerprint density at radius 3 is 2.57 bits per heavy atom. The van der Waals surface area contributed by atoms with E-state index in [0.717, 1.165) is 17.7 Å². The van der Waals surface area contributed by atoms with Crippen LogP contribution >= 0.6 is 11.8 Å². The molecule has 0 spiro atoms. The van der Waals surface area contributed by atoms with E-state index in [4.69, 9.17) is 15.5 Å². The van der Waals surface area contributed by atoms with Crippen LogP contribution in [-0.4, -0.2) is 109 Å². The molecule has 1 aliphatic heterocycles. The number of benzene rings is 3. The van der Waals surface area contributed by atoms with Crippen LogP contribution in [0.1, 0.15) is 68.8 Å². The van der Waals surface area contributed by atoms with Crippen LogP contribution in [0.25, 0.3) is 22.1 Å². The highest BCUT2D eigenvalue weighted by Crippen LogP contribution is 2.52. The summed E-state index contributed by atoms with van der Waals surface area (Å²) >= 11 is 1.56. The predicted octanol–water partition coefficient (Wildman–Crippen LogP) is 5.43. The summed E-state index contributed by atoms with van der Waals surface area (Å²) in [6.07, 6.45) is -2.70. The molecule has 4 heterocycles. The molecule has 3 aromatic heterocycles. The summed E-state index contributed by atoms with van der Waals surface area (Å²) in [5.41, 5.74) is 8.04. The second-order valence-electron chi connectivity index (χ2n) is 17.5. The number of thioether (sulfide) groups is 1. The Kier molecular flexibility index (Phi) is 14.7. The molecule has 0 unspecified atom stereocenters. The molecule has 0 bridgehead atoms. The first kappa shape index (κ1) is 49.0. The second-order valence-corrected chi connectivity index (χ2v) is 18.6. The van der Waals surface area contributed by atoms with Crippen LogP contribution in [0.4, 0.5) is 24.7 Å². The number of hydrogen-bond donors (Lipinski definition) is 6. The van der Waals surface area contributed by atoms with Gasteiger partial charge < -0.3 is 50.7 Å². The molecule has 3 aromatic carbocycles. The largest absolute Gasteiger partial charge is 0.586 e. The molecule has 0 radical (unpaired) electrons. The van der Waals surface area contributed by atoms with E-state index in [-0.39, 0.29) is 56.5 Å². The van der Waals surface area contributed by atoms with Crippen LogP contribution in [-0.2, 0) is 38.2 Å². The van der Waals surface area contributed by atoms with Crippen molar-refractivity contribution in [3.05, 3.63) is 88.9 Å². The van der Waals surface area contributed by atoms with E-state index in [9.17, 15) is 28.6 Å². The van der Waals surface area contributed by atoms with Gasteiger partial charge in [0.2, 0.25) is 5.91 Å². The molecule has 69 heavy (non-hydrogen) atoms. The number of fused-ring (bicyclic) bond motifs is 3. The number of amides is 2. The number of anilines is 2. The van der Waals surface area contributed by atoms with Gasteiger partial charge in [-0.15, -0.1) is 13.9 Å². The minimum absolute atomic E-state index is 0.0516. The number of carbonyl (C=O) groups excluding carboxylic acids is 2. The number of nitrogens with two attached hydrogens (primary N) is 1. The first-order chi connectivity index (χ1) is 33.1. The number of carbonyl (C=O) groups is 2. The number of halogens is 3. The standard InChI is InChI=1S/C48H53F3N10O7S/c1-4-21-69-45-56-42(54-17-16-52)41-43(57-45)61(59-58-41)26-30-7-5-29(6-8-30)9-12-40(64)53-18-20-66-19-13-33(63)27-60-36-25-34(49)35(22-31(36)23-39(60)46(2,3)28-62)55-44(65)47(14-15-47)32-10-11-37-38(24-32)68-48(50,51)67-37/h5-8,10-11,22-25,33,62-63H,4,13-21,26-28,52H2,1-3H3,(H,53,64)(H,55,65)(H,54,56,57)/t33-/m0/s1. The summed E-state index contributed by atoms with van der Waals surface area (Å²) in [4.78, 5) is 35.4. The molecular formula is C48H53F3N10O7S. The molecular weight excluding hydrogens is 918 g/mol. The Balaban J connectivity index is 0.813. The van der Waals surface area contributed by atoms with Crippen molar-refractivity contribution in [2.24, 2.45) is 5.73 Å². The normalized spacial score (nSPS) is 14.9. The highest BCUT2D eigenvalue weighted by Gasteiger charge is 2.53. The van der Waals surface area contributed by atoms with E-state index in [0.29, 0.717) is 82.3 Å². The number of hydrogen-bond acceptors (Lipinski definition) is 14. The fraction of sp³-hybridized carbons (Fsp3) is 0.417. The molecule has 2 amide bonds. The Morgan fingerprint density at radius 1 is 1.04 bits per heavy atom. The van der Waals surface area contributed by atoms with E-state index in [2.05, 4.69) is 59.5 Å². The first-order valence-corrected chi connectivity index (χ1v) is 23.6. The number of ether oxygens (including phenoxy) is 3. The average Bonchev–Trinajstić information content (AvgIpc) is 3.80. The minimum atomic E-state index is -3.80. The maximum absolute atomic E-state index is 15.8. The summed E-state index contributed by atoms with van der Waals surface area (Å²) in [6, 6.07) is 16.2. The number of nitrogens with zero attached hydrogens (tertiary/aromatic N) is 6. The monoisotopic (exact) mass is 970 g/mol. The lowest BCUT2D eigenvalue weighted by molar-refractivity contribution is -0.286. The Bertz CT molecular complexity index is 2910. The van der Waals surface area contributed by atoms with Crippen molar-refractivity contribution >= 4 is 57.1 Å². The van der Waals surface area contributed by atoms with Crippen molar-refractivity contribution in [1.29, 1.82) is 0 Å². The van der Waals surface area contributed by atoms with Gasteiger partial charge in [0.05, 0.1) is 42.5 Å². The highest BCUT2D eigenvalue weighted by molar-refractivity contribution is 7.99. The SMILES string of the molecule is CCCSc1nc(NCCN)c2nnn(Cc3ccc(C#CC(=O)NCCOCC[C@H](O)Cn4c(C(C)(C)CO)cc5cc(NC(=O)C6(c7ccc8c(c7)OC(F)(F)O8)CC6)c(F)cc54)cc3)c2n1. The molecule has 0 saturated heterocycles. The third-order valence-corrected chi connectivity index (χ3v) is 12.9. The topological polar surface area (TPSA) is 226 Å². The molecule has 364 valence electrons. The molecule has 8 rings (SSSR count). The van der Waals surface area contributed by atoms with Gasteiger partial charge in [-0.3, -0.25) is 9.59 Å². The number of rotatable bonds is 21. The van der Waals surface area contributed by atoms with Gasteiger partial charge in [0.25, 0.3) is 5.91 Å². The van der Waals surface area contributed by atoms with E-state index < -0.39 is 40.9 Å². The summed E-state index contributed by atoms with van der Waals surface area (Å²) < 4.78 is 61.3. The third kappa shape index (κ3) is 11.2. The Labute approximate surface area is 399 Å². The molecule has 21 heteroatoms. The fourth-order valence-corrected chi connectivity index (χ4v) is 8.59. The smallest absolute Gasteiger partial charge is 0.395 e. The van der Waals surface area contributed by atoms with Crippen LogP contribution in [0.15, 0.2) is 65.8 Å². The van der Waals surface area contributed by atoms with Crippen molar-refractivity contribution in [3.8, 4) is 23.3 Å². The average molecular weight is 971 g/mol. The van der Waals surface area contributed by atoms with Crippen molar-refractivity contribution in [2.45, 2.75) is 87.9 Å². The zero-order valence-electron chi connectivity index (χ0n) is 38.3. The first-order valence-electron chi connectivity index (χ1n) is 22.6. The van der Waals surface area contributed by atoms with Crippen molar-refractivity contribution < 1.29 is 47.2 Å². The molecule has 1 saturated carbocycles. The van der Waals surface area contributed by atoms with Crippen LogP contribution < -0.4 is 31.2 Å². The van der Waals surface area contributed by atoms with Crippen LogP contribution in [0, 0.1) is 17.7 Å². The third-order valence-electron chi connectivity index (χ3n) is 11.8. The van der Waals surface area contributed by atoms with Gasteiger partial charge in [-0.25, -0.2) is 19.0 Å². The minimum Gasteiger partial charge on any atom is -0.395 e. The van der Waals surface area contributed by atoms with Gasteiger partial charge in [-0.05, 0) is 73.2 Å². The van der Waals surface area contributed by atoms with Crippen molar-refractivity contribution in [3.63, 3.8) is 0 Å². The van der Waals surface area contributed by atoms with Gasteiger partial charge >= 0.3 is 6.29 Å². The van der Waals surface area contributed by atoms with Gasteiger partial charge in [0.1, 0.15) is 5.82 Å². The highest BCUT2D eigenvalue weighted by atomic mass is 32.2. The van der Waals surface area contributed by atoms with Gasteiger partial charge in [0, 0.05) is 72.6 Å². The summed E-state index contributed by atoms with van der Waals surface area (Å²) in [5.74, 6) is 4.91. The number of aromatic nitrogens is 6. The number of nitrogens with one attached hydrogen (secondary N) is 3. The fourth-order valence-electron chi connectivity index (χ4n) is 7.89. The number of aliphatic hydroxyl groups excluding tert-OH is 2. The maximum atomic E-state index is 15.8. The molecule has 1 atom stereocenters. The summed E-state index contributed by atoms with van der Waals surface area (Å²) in [7, 11) is 0. The van der Waals surface area contributed by atoms with Crippen LogP contribution in [0.5, 0.6) is 11.5 Å². The van der Waals surface area contributed by atoms with Crippen LogP contribution in [0.3, 0.4) is 0 Å². The Hall–Kier alpha value is -6.44. The molecule has 2 aliphatic rings. The summed E-state index contributed by atoms with van der Waals surface area (Å²) in [6.45, 7) is 7.45. The molecule has 17 nitrogen and oxygen atoms in total. The lowest BCUT2D eigenvalue weighted by Crippen LogP contribution is -2.29.